The predicted octanol–water partition coefficient (Wildman–Crippen LogP) is 3.64. The lowest BCUT2D eigenvalue weighted by Gasteiger charge is -2.27. The van der Waals surface area contributed by atoms with Gasteiger partial charge in [-0.2, -0.15) is 9.78 Å². The molecule has 0 bridgehead atoms. The molecule has 1 atom stereocenters. The molecule has 3 heterocycles. The Bertz CT molecular complexity index is 1250. The normalized spacial score (nSPS) is 14.9. The number of H-pyrrole nitrogens is 1. The van der Waals surface area contributed by atoms with Crippen LogP contribution in [0.1, 0.15) is 17.2 Å². The molecule has 2 aromatic carbocycles. The molecule has 8 nitrogen and oxygen atoms in total. The first-order valence-electron chi connectivity index (χ1n) is 8.30. The smallest absolute Gasteiger partial charge is 0.288 e. The summed E-state index contributed by atoms with van der Waals surface area (Å²) in [5.41, 5.74) is 3.22. The number of nitrogens with one attached hydrogen (secondary N) is 2. The number of fused-ring (bicyclic) bond motifs is 2. The van der Waals surface area contributed by atoms with Gasteiger partial charge in [0.1, 0.15) is 11.7 Å². The number of halogens is 2. The number of aromatic nitrogens is 6. The molecule has 0 aliphatic carbocycles. The second-order valence-corrected chi connectivity index (χ2v) is 8.06. The molecule has 0 fully saturated rings. The molecule has 28 heavy (non-hydrogen) atoms. The largest absolute Gasteiger partial charge is 0.318 e. The van der Waals surface area contributed by atoms with Crippen LogP contribution in [0.25, 0.3) is 11.3 Å². The van der Waals surface area contributed by atoms with Crippen LogP contribution in [0.15, 0.2) is 62.3 Å². The molecule has 0 radical (unpaired) electrons. The molecule has 4 aromatic rings. The first-order chi connectivity index (χ1) is 13.6. The number of benzene rings is 2. The Balaban J connectivity index is 1.82. The molecular weight excluding hydrogens is 490 g/mol. The van der Waals surface area contributed by atoms with Gasteiger partial charge in [0.15, 0.2) is 0 Å². The number of hydrogen-bond donors (Lipinski definition) is 2. The molecular formula is C18H11Br2N7O. The fourth-order valence-corrected chi connectivity index (χ4v) is 4.03. The van der Waals surface area contributed by atoms with Crippen LogP contribution < -0.4 is 10.9 Å². The summed E-state index contributed by atoms with van der Waals surface area (Å²) in [6.45, 7) is 0. The van der Waals surface area contributed by atoms with E-state index in [1.54, 1.807) is 4.68 Å². The first kappa shape index (κ1) is 17.3. The average Bonchev–Trinajstić information content (AvgIpc) is 3.16. The van der Waals surface area contributed by atoms with Crippen molar-refractivity contribution in [2.24, 2.45) is 0 Å². The van der Waals surface area contributed by atoms with Gasteiger partial charge in [-0.05, 0) is 40.3 Å². The van der Waals surface area contributed by atoms with Gasteiger partial charge in [-0.25, -0.2) is 5.10 Å². The zero-order valence-corrected chi connectivity index (χ0v) is 17.3. The number of anilines is 2. The number of hydrogen-bond acceptors (Lipinski definition) is 6. The topological polar surface area (TPSA) is 101 Å². The van der Waals surface area contributed by atoms with Crippen molar-refractivity contribution in [3.63, 3.8) is 0 Å². The third kappa shape index (κ3) is 2.76. The van der Waals surface area contributed by atoms with Crippen molar-refractivity contribution >= 4 is 43.5 Å². The minimum atomic E-state index is -0.410. The van der Waals surface area contributed by atoms with E-state index in [1.807, 2.05) is 48.5 Å². The number of nitrogens with zero attached hydrogens (tertiary/aromatic N) is 5. The van der Waals surface area contributed by atoms with Crippen molar-refractivity contribution in [3.05, 3.63) is 79.0 Å². The summed E-state index contributed by atoms with van der Waals surface area (Å²) < 4.78 is 3.54. The van der Waals surface area contributed by atoms with E-state index in [9.17, 15) is 4.79 Å². The van der Waals surface area contributed by atoms with Gasteiger partial charge in [0.25, 0.3) is 5.56 Å². The number of tetrazole rings is 1. The van der Waals surface area contributed by atoms with Crippen molar-refractivity contribution in [1.82, 2.24) is 30.4 Å². The van der Waals surface area contributed by atoms with Crippen LogP contribution in [-0.2, 0) is 0 Å². The predicted molar refractivity (Wildman–Crippen MR) is 110 cm³/mol. The minimum absolute atomic E-state index is 0.329. The summed E-state index contributed by atoms with van der Waals surface area (Å²) in [6, 6.07) is 15.2. The number of aromatic amines is 1. The molecule has 0 spiro atoms. The molecule has 1 aliphatic rings. The van der Waals surface area contributed by atoms with E-state index in [-0.39, 0.29) is 5.56 Å². The van der Waals surface area contributed by atoms with Crippen LogP contribution in [0, 0.1) is 0 Å². The van der Waals surface area contributed by atoms with Crippen LogP contribution >= 0.6 is 31.9 Å². The van der Waals surface area contributed by atoms with E-state index in [0.29, 0.717) is 22.9 Å². The minimum Gasteiger partial charge on any atom is -0.318 e. The summed E-state index contributed by atoms with van der Waals surface area (Å²) >= 11 is 6.97. The van der Waals surface area contributed by atoms with Crippen molar-refractivity contribution in [2.45, 2.75) is 6.04 Å². The molecule has 0 saturated carbocycles. The lowest BCUT2D eigenvalue weighted by atomic mass is 9.92. The zero-order valence-electron chi connectivity index (χ0n) is 14.1. The molecule has 1 aliphatic heterocycles. The summed E-state index contributed by atoms with van der Waals surface area (Å²) in [4.78, 5) is 12.6. The SMILES string of the molecule is O=c1[nH]nc(-c2ccc(Br)cc2)c2c1Nc1nnnn1[C@H]2c1cccc(Br)c1. The Hall–Kier alpha value is -2.85. The standard InChI is InChI=1S/C18H11Br2N7O/c19-11-6-4-9(5-7-11)14-13-15(17(28)23-22-14)21-18-24-25-26-27(18)16(13)10-2-1-3-12(20)8-10/h1-8,16H,(H,23,28)(H,21,24,26)/t16-/m0/s1. The van der Waals surface area contributed by atoms with Crippen molar-refractivity contribution < 1.29 is 0 Å². The quantitative estimate of drug-likeness (QED) is 0.383. The van der Waals surface area contributed by atoms with Crippen molar-refractivity contribution in [2.75, 3.05) is 5.32 Å². The van der Waals surface area contributed by atoms with Crippen molar-refractivity contribution in [3.8, 4) is 11.3 Å². The summed E-state index contributed by atoms with van der Waals surface area (Å²) in [7, 11) is 0. The van der Waals surface area contributed by atoms with Crippen molar-refractivity contribution in [1.29, 1.82) is 0 Å². The Morgan fingerprint density at radius 2 is 1.86 bits per heavy atom. The van der Waals surface area contributed by atoms with Gasteiger partial charge < -0.3 is 5.32 Å². The van der Waals surface area contributed by atoms with Gasteiger partial charge in [-0.15, -0.1) is 0 Å². The lowest BCUT2D eigenvalue weighted by molar-refractivity contribution is 0.567. The second-order valence-electron chi connectivity index (χ2n) is 6.23. The summed E-state index contributed by atoms with van der Waals surface area (Å²) in [5.74, 6) is 0.399. The monoisotopic (exact) mass is 499 g/mol. The maximum absolute atomic E-state index is 12.6. The summed E-state index contributed by atoms with van der Waals surface area (Å²) in [6.07, 6.45) is 0. The van der Waals surface area contributed by atoms with Gasteiger partial charge in [0.2, 0.25) is 5.95 Å². The van der Waals surface area contributed by atoms with Crippen LogP contribution in [-0.4, -0.2) is 30.4 Å². The average molecular weight is 501 g/mol. The van der Waals surface area contributed by atoms with Crippen LogP contribution in [0.2, 0.25) is 0 Å². The van der Waals surface area contributed by atoms with E-state index >= 15 is 0 Å². The van der Waals surface area contributed by atoms with E-state index < -0.39 is 6.04 Å². The van der Waals surface area contributed by atoms with E-state index in [4.69, 9.17) is 0 Å². The highest BCUT2D eigenvalue weighted by Gasteiger charge is 2.34. The Morgan fingerprint density at radius 1 is 1.04 bits per heavy atom. The van der Waals surface area contributed by atoms with Gasteiger partial charge in [0.05, 0.1) is 5.69 Å². The maximum atomic E-state index is 12.6. The highest BCUT2D eigenvalue weighted by atomic mass is 79.9. The van der Waals surface area contributed by atoms with E-state index in [0.717, 1.165) is 20.1 Å². The third-order valence-electron chi connectivity index (χ3n) is 4.55. The molecule has 2 N–H and O–H groups in total. The first-order valence-corrected chi connectivity index (χ1v) is 9.89. The van der Waals surface area contributed by atoms with Crippen LogP contribution in [0.3, 0.4) is 0 Å². The molecule has 0 saturated heterocycles. The Labute approximate surface area is 175 Å². The molecule has 10 heteroatoms. The number of rotatable bonds is 2. The van der Waals surface area contributed by atoms with Gasteiger partial charge in [0, 0.05) is 20.1 Å². The molecule has 138 valence electrons. The maximum Gasteiger partial charge on any atom is 0.288 e. The fraction of sp³-hybridized carbons (Fsp3) is 0.0556. The van der Waals surface area contributed by atoms with Crippen LogP contribution in [0.4, 0.5) is 11.6 Å². The van der Waals surface area contributed by atoms with Gasteiger partial charge in [-0.1, -0.05) is 61.2 Å². The highest BCUT2D eigenvalue weighted by Crippen LogP contribution is 2.41. The highest BCUT2D eigenvalue weighted by molar-refractivity contribution is 9.10. The van der Waals surface area contributed by atoms with Gasteiger partial charge >= 0.3 is 0 Å². The Morgan fingerprint density at radius 3 is 2.64 bits per heavy atom. The zero-order chi connectivity index (χ0) is 19.3. The third-order valence-corrected chi connectivity index (χ3v) is 5.57. The summed E-state index contributed by atoms with van der Waals surface area (Å²) in [5, 5.41) is 21.9. The van der Waals surface area contributed by atoms with E-state index in [1.165, 1.54) is 0 Å². The molecule has 5 rings (SSSR count). The molecule has 0 amide bonds. The van der Waals surface area contributed by atoms with Gasteiger partial charge in [-0.3, -0.25) is 4.79 Å². The lowest BCUT2D eigenvalue weighted by Crippen LogP contribution is -2.29. The Kier molecular flexibility index (Phi) is 4.09. The van der Waals surface area contributed by atoms with E-state index in [2.05, 4.69) is 62.9 Å². The fourth-order valence-electron chi connectivity index (χ4n) is 3.35. The molecule has 2 aromatic heterocycles. The molecule has 0 unspecified atom stereocenters. The second kappa shape index (κ2) is 6.64. The van der Waals surface area contributed by atoms with Crippen LogP contribution in [0.5, 0.6) is 0 Å².